The fourth-order valence-electron chi connectivity index (χ4n) is 8.94. The molecular weight excluding hydrogens is 1860 g/mol. The Labute approximate surface area is 744 Å². The van der Waals surface area contributed by atoms with E-state index in [9.17, 15) is 29.1 Å². The number of hydrogen-bond donors (Lipinski definition) is 6. The molecule has 0 fully saturated rings. The quantitative estimate of drug-likeness (QED) is 0.0264. The minimum atomic E-state index is -0.182. The van der Waals surface area contributed by atoms with Gasteiger partial charge in [0.05, 0.1) is 40.2 Å². The molecule has 0 saturated carbocycles. The van der Waals surface area contributed by atoms with Gasteiger partial charge in [0.1, 0.15) is 11.6 Å². The third kappa shape index (κ3) is 30.8. The summed E-state index contributed by atoms with van der Waals surface area (Å²) < 4.78 is 1.49. The molecule has 0 spiro atoms. The highest BCUT2D eigenvalue weighted by Crippen LogP contribution is 2.40. The molecule has 19 nitrogen and oxygen atoms in total. The standard InChI is InChI=1S/C13H11Cl3N2OS.C13H13ClN2OS.C12H10Cl3N3S.2C12H9Cl3N2OS.C12H11ClN2O2S/c1-7-5-11(19)18(2)13(17-7)20-6-8-9(14)3-4-10(15)12(8)16;1-8-3-4-10(11(14)5-8)7-18-13-15-9(2)6-12(17)16-13;1-6-4-10(16)18-12(17-6)19-5-7-8(13)2-3-9(14)11(7)15;2*1-6-4-10(18)17-12(16-6)19-5-7-8(13)2-3-9(14)11(7)15;1-7-4-11(17)15-12(14-7)18-6-8-2-3-9(16)5-10(8)13/h3-5H,6H2,1-2H3;3-6H,7H2,1-2H3,(H,15,16,17);2-4H,5H2,1H3,(H2,16,17,18);2*2-4H,5H2,1H3,(H,16,17,18);2-5,16H,6H2,1H3,(H,14,15,17). The molecule has 0 amide bonds. The molecule has 113 heavy (non-hydrogen) atoms. The van der Waals surface area contributed by atoms with Gasteiger partial charge in [0, 0.05) is 165 Å². The van der Waals surface area contributed by atoms with Crippen molar-refractivity contribution < 1.29 is 5.11 Å². The van der Waals surface area contributed by atoms with Gasteiger partial charge in [-0.25, -0.2) is 34.9 Å². The molecule has 594 valence electrons. The van der Waals surface area contributed by atoms with Crippen molar-refractivity contribution in [1.29, 1.82) is 0 Å². The SMILES string of the molecule is Cc1cc(=O)[nH]c(SCc2c(Cl)ccc(Cl)c2Cl)n1.Cc1cc(=O)[nH]c(SCc2c(Cl)ccc(Cl)c2Cl)n1.Cc1cc(=O)[nH]c(SCc2ccc(O)cc2Cl)n1.Cc1cc(=O)n(C)c(SCc2c(Cl)ccc(Cl)c2Cl)n1.Cc1cc(N)nc(SCc2c(Cl)ccc(Cl)c2Cl)n1.Cc1ccc(CSc2nc(C)cc(=O)[nH]2)c(Cl)c1. The van der Waals surface area contributed by atoms with Crippen LogP contribution < -0.4 is 33.5 Å². The monoisotopic (exact) mass is 1910 g/mol. The molecule has 0 aliphatic rings. The maximum atomic E-state index is 11.7. The molecule has 0 bridgehead atoms. The average molecular weight is 1920 g/mol. The van der Waals surface area contributed by atoms with Crippen molar-refractivity contribution in [2.75, 3.05) is 5.73 Å². The van der Waals surface area contributed by atoms with E-state index in [0.717, 1.165) is 55.4 Å². The Bertz CT molecular complexity index is 5470. The summed E-state index contributed by atoms with van der Waals surface area (Å²) in [7, 11) is 1.68. The normalized spacial score (nSPS) is 10.7. The number of aryl methyl sites for hydroxylation is 7. The van der Waals surface area contributed by atoms with E-state index in [0.29, 0.717) is 159 Å². The largest absolute Gasteiger partial charge is 0.508 e. The van der Waals surface area contributed by atoms with E-state index < -0.39 is 0 Å². The first-order valence-corrected chi connectivity index (χ1v) is 43.6. The smallest absolute Gasteiger partial charge is 0.254 e. The summed E-state index contributed by atoms with van der Waals surface area (Å²) in [6, 6.07) is 33.2. The van der Waals surface area contributed by atoms with Gasteiger partial charge in [-0.2, -0.15) is 0 Å². The van der Waals surface area contributed by atoms with Gasteiger partial charge in [-0.1, -0.05) is 251 Å². The van der Waals surface area contributed by atoms with Gasteiger partial charge in [0.25, 0.3) is 27.8 Å². The Hall–Kier alpha value is -5.44. The molecule has 12 aromatic rings. The van der Waals surface area contributed by atoms with Crippen molar-refractivity contribution in [1.82, 2.24) is 59.4 Å². The van der Waals surface area contributed by atoms with E-state index in [-0.39, 0.29) is 33.5 Å². The molecule has 0 saturated heterocycles. The van der Waals surface area contributed by atoms with Crippen molar-refractivity contribution in [2.24, 2.45) is 7.05 Å². The molecule has 6 aromatic heterocycles. The van der Waals surface area contributed by atoms with E-state index in [1.807, 2.05) is 32.0 Å². The maximum absolute atomic E-state index is 11.7. The number of rotatable bonds is 18. The summed E-state index contributed by atoms with van der Waals surface area (Å²) in [6.07, 6.45) is 0. The molecule has 0 aliphatic carbocycles. The predicted molar refractivity (Wildman–Crippen MR) is 476 cm³/mol. The van der Waals surface area contributed by atoms with Gasteiger partial charge >= 0.3 is 0 Å². The van der Waals surface area contributed by atoms with Crippen LogP contribution in [0, 0.1) is 48.5 Å². The average Bonchev–Trinajstić information content (AvgIpc) is 0.665. The first-order valence-electron chi connectivity index (χ1n) is 32.4. The van der Waals surface area contributed by atoms with Crippen LogP contribution >= 0.6 is 233 Å². The molecule has 39 heteroatoms. The lowest BCUT2D eigenvalue weighted by molar-refractivity contribution is 0.475. The highest BCUT2D eigenvalue weighted by Gasteiger charge is 2.17. The van der Waals surface area contributed by atoms with E-state index in [4.69, 9.17) is 168 Å². The molecule has 7 N–H and O–H groups in total. The van der Waals surface area contributed by atoms with Crippen LogP contribution in [-0.2, 0) is 41.6 Å². The number of anilines is 1. The predicted octanol–water partition coefficient (Wildman–Crippen LogP) is 23.7. The number of benzene rings is 6. The number of phenols is 1. The lowest BCUT2D eigenvalue weighted by Crippen LogP contribution is -2.19. The topological polar surface area (TPSA) is 290 Å². The van der Waals surface area contributed by atoms with Crippen LogP contribution in [0.5, 0.6) is 5.75 Å². The Morgan fingerprint density at radius 1 is 0.336 bits per heavy atom. The number of aromatic amines is 4. The zero-order valence-corrected chi connectivity index (χ0v) is 75.7. The number of hydrogen-bond acceptors (Lipinski definition) is 20. The van der Waals surface area contributed by atoms with Crippen molar-refractivity contribution >= 4 is 239 Å². The van der Waals surface area contributed by atoms with Crippen LogP contribution in [0.25, 0.3) is 0 Å². The van der Waals surface area contributed by atoms with E-state index in [2.05, 4.69) is 54.8 Å². The number of aromatic hydroxyl groups is 1. The second-order valence-electron chi connectivity index (χ2n) is 23.5. The van der Waals surface area contributed by atoms with Gasteiger partial charge in [0.2, 0.25) is 0 Å². The Balaban J connectivity index is 0.000000188. The zero-order chi connectivity index (χ0) is 83.1. The molecule has 6 aromatic carbocycles. The Morgan fingerprint density at radius 3 is 0.991 bits per heavy atom. The van der Waals surface area contributed by atoms with Crippen molar-refractivity contribution in [2.45, 2.75) is 114 Å². The molecular formula is C74H63Cl14N13O6S6. The molecule has 0 atom stereocenters. The fraction of sp³-hybridized carbons (Fsp3) is 0.189. The summed E-state index contributed by atoms with van der Waals surface area (Å²) in [5.74, 6) is 3.81. The van der Waals surface area contributed by atoms with Crippen LogP contribution in [0.1, 0.15) is 73.1 Å². The van der Waals surface area contributed by atoms with Gasteiger partial charge in [0.15, 0.2) is 30.9 Å². The number of nitrogens with two attached hydrogens (primary N) is 1. The lowest BCUT2D eigenvalue weighted by Gasteiger charge is -2.10. The van der Waals surface area contributed by atoms with Crippen molar-refractivity contribution in [3.05, 3.63) is 317 Å². The van der Waals surface area contributed by atoms with Gasteiger partial charge in [-0.15, -0.1) is 0 Å². The molecule has 0 unspecified atom stereocenters. The fourth-order valence-corrected chi connectivity index (χ4v) is 18.8. The summed E-state index contributed by atoms with van der Waals surface area (Å²) in [6.45, 7) is 12.7. The van der Waals surface area contributed by atoms with Crippen LogP contribution in [0.15, 0.2) is 176 Å². The first kappa shape index (κ1) is 94.7. The molecule has 0 radical (unpaired) electrons. The highest BCUT2D eigenvalue weighted by atomic mass is 35.5. The van der Waals surface area contributed by atoms with Crippen LogP contribution in [0.3, 0.4) is 0 Å². The molecule has 12 rings (SSSR count). The highest BCUT2D eigenvalue weighted by molar-refractivity contribution is 7.99. The Kier molecular flexibility index (Phi) is 38.6. The maximum Gasteiger partial charge on any atom is 0.254 e. The third-order valence-electron chi connectivity index (χ3n) is 14.4. The summed E-state index contributed by atoms with van der Waals surface area (Å²) in [5, 5.41) is 19.7. The van der Waals surface area contributed by atoms with E-state index in [1.165, 1.54) is 112 Å². The lowest BCUT2D eigenvalue weighted by atomic mass is 10.2. The van der Waals surface area contributed by atoms with Crippen molar-refractivity contribution in [3.63, 3.8) is 0 Å². The van der Waals surface area contributed by atoms with Gasteiger partial charge < -0.3 is 30.8 Å². The second kappa shape index (κ2) is 46.1. The Morgan fingerprint density at radius 2 is 0.646 bits per heavy atom. The number of halogens is 14. The number of thioether (sulfide) groups is 6. The van der Waals surface area contributed by atoms with Crippen LogP contribution in [-0.4, -0.2) is 64.5 Å². The van der Waals surface area contributed by atoms with E-state index in [1.54, 1.807) is 108 Å². The second-order valence-corrected chi connectivity index (χ2v) is 34.8. The van der Waals surface area contributed by atoms with Crippen molar-refractivity contribution in [3.8, 4) is 5.75 Å². The number of nitrogens with one attached hydrogen (secondary N) is 4. The first-order chi connectivity index (χ1) is 53.4. The number of H-pyrrole nitrogens is 4. The molecule has 6 heterocycles. The van der Waals surface area contributed by atoms with Crippen LogP contribution in [0.4, 0.5) is 5.82 Å². The number of nitrogens with zero attached hydrogens (tertiary/aromatic N) is 8. The van der Waals surface area contributed by atoms with Gasteiger partial charge in [-0.05, 0) is 132 Å². The summed E-state index contributed by atoms with van der Waals surface area (Å²) in [4.78, 5) is 97.2. The minimum absolute atomic E-state index is 0.0942. The molecule has 0 aliphatic heterocycles. The van der Waals surface area contributed by atoms with Gasteiger partial charge in [-0.3, -0.25) is 28.5 Å². The summed E-state index contributed by atoms with van der Waals surface area (Å²) >= 11 is 93.2. The number of nitrogen functional groups attached to an aromatic ring is 1. The van der Waals surface area contributed by atoms with E-state index >= 15 is 0 Å². The number of phenolic OH excluding ortho intramolecular Hbond substituents is 1. The number of aromatic nitrogens is 12. The summed E-state index contributed by atoms with van der Waals surface area (Å²) in [5.41, 5.74) is 15.2. The van der Waals surface area contributed by atoms with Crippen LogP contribution in [0.2, 0.25) is 70.3 Å². The zero-order valence-electron chi connectivity index (χ0n) is 60.2. The minimum Gasteiger partial charge on any atom is -0.508 e. The third-order valence-corrected chi connectivity index (χ3v) is 25.5.